The minimum atomic E-state index is -0.834. The molecule has 1 rings (SSSR count). The molecule has 0 saturated carbocycles. The molecule has 1 atom stereocenters. The van der Waals surface area contributed by atoms with Gasteiger partial charge in [-0.2, -0.15) is 0 Å². The SMILES string of the molecule is CC(=O)NC(CSN=O)C(=O)Nc1cccc(Cl)c1. The fraction of sp³-hybridized carbons (Fsp3) is 0.273. The number of amides is 2. The normalized spacial score (nSPS) is 11.5. The van der Waals surface area contributed by atoms with Gasteiger partial charge in [0.15, 0.2) is 0 Å². The van der Waals surface area contributed by atoms with Gasteiger partial charge in [-0.3, -0.25) is 9.59 Å². The molecule has 0 bridgehead atoms. The summed E-state index contributed by atoms with van der Waals surface area (Å²) in [4.78, 5) is 33.0. The zero-order valence-corrected chi connectivity index (χ0v) is 11.6. The lowest BCUT2D eigenvalue weighted by atomic mass is 10.2. The van der Waals surface area contributed by atoms with E-state index < -0.39 is 11.9 Å². The molecule has 1 unspecified atom stereocenters. The van der Waals surface area contributed by atoms with E-state index in [-0.39, 0.29) is 11.7 Å². The van der Waals surface area contributed by atoms with Crippen molar-refractivity contribution in [2.24, 2.45) is 4.58 Å². The molecule has 2 N–H and O–H groups in total. The predicted octanol–water partition coefficient (Wildman–Crippen LogP) is 2.20. The van der Waals surface area contributed by atoms with Crippen LogP contribution >= 0.6 is 23.5 Å². The predicted molar refractivity (Wildman–Crippen MR) is 75.9 cm³/mol. The van der Waals surface area contributed by atoms with Crippen LogP contribution < -0.4 is 10.6 Å². The van der Waals surface area contributed by atoms with E-state index >= 15 is 0 Å². The monoisotopic (exact) mass is 301 g/mol. The number of anilines is 1. The average Bonchev–Trinajstić information content (AvgIpc) is 2.34. The summed E-state index contributed by atoms with van der Waals surface area (Å²) in [5.74, 6) is -0.735. The molecule has 19 heavy (non-hydrogen) atoms. The highest BCUT2D eigenvalue weighted by Gasteiger charge is 2.20. The number of hydrogen-bond donors (Lipinski definition) is 2. The molecule has 1 aromatic carbocycles. The van der Waals surface area contributed by atoms with E-state index in [0.29, 0.717) is 22.7 Å². The quantitative estimate of drug-likeness (QED) is 0.623. The lowest BCUT2D eigenvalue weighted by molar-refractivity contribution is -0.124. The Hall–Kier alpha value is -1.60. The topological polar surface area (TPSA) is 87.6 Å². The van der Waals surface area contributed by atoms with Gasteiger partial charge in [0.2, 0.25) is 11.8 Å². The lowest BCUT2D eigenvalue weighted by Crippen LogP contribution is -2.44. The van der Waals surface area contributed by atoms with Gasteiger partial charge in [-0.05, 0) is 18.2 Å². The van der Waals surface area contributed by atoms with Crippen molar-refractivity contribution in [1.29, 1.82) is 0 Å². The van der Waals surface area contributed by atoms with Crippen molar-refractivity contribution in [3.63, 3.8) is 0 Å². The summed E-state index contributed by atoms with van der Waals surface area (Å²) in [7, 11) is 0. The molecule has 0 aliphatic rings. The van der Waals surface area contributed by atoms with E-state index in [2.05, 4.69) is 15.2 Å². The number of carbonyl (C=O) groups excluding carboxylic acids is 2. The fourth-order valence-electron chi connectivity index (χ4n) is 1.33. The second kappa shape index (κ2) is 7.75. The second-order valence-electron chi connectivity index (χ2n) is 3.62. The standard InChI is InChI=1S/C11H12ClN3O3S/c1-7(16)13-10(6-19-15-18)11(17)14-9-4-2-3-8(12)5-9/h2-5,10H,6H2,1H3,(H,13,16)(H,14,17). The maximum atomic E-state index is 11.9. The molecule has 0 aliphatic heterocycles. The molecule has 2 amide bonds. The first-order valence-electron chi connectivity index (χ1n) is 5.31. The Morgan fingerprint density at radius 1 is 1.47 bits per heavy atom. The van der Waals surface area contributed by atoms with Gasteiger partial charge in [-0.15, -0.1) is 4.91 Å². The molecule has 0 aromatic heterocycles. The van der Waals surface area contributed by atoms with Crippen molar-refractivity contribution >= 4 is 41.1 Å². The van der Waals surface area contributed by atoms with Crippen LogP contribution in [0.25, 0.3) is 0 Å². The number of hydrogen-bond acceptors (Lipinski definition) is 5. The summed E-state index contributed by atoms with van der Waals surface area (Å²) in [5.41, 5.74) is 0.511. The molecule has 0 heterocycles. The highest BCUT2D eigenvalue weighted by atomic mass is 35.5. The Labute approximate surface area is 119 Å². The zero-order valence-electron chi connectivity index (χ0n) is 10.1. The molecule has 0 radical (unpaired) electrons. The van der Waals surface area contributed by atoms with Crippen LogP contribution in [0.1, 0.15) is 6.92 Å². The molecule has 0 fully saturated rings. The molecular formula is C11H12ClN3O3S. The van der Waals surface area contributed by atoms with Crippen LogP contribution in [0.2, 0.25) is 5.02 Å². The smallest absolute Gasteiger partial charge is 0.247 e. The molecule has 102 valence electrons. The maximum absolute atomic E-state index is 11.9. The Bertz CT molecular complexity index is 484. The van der Waals surface area contributed by atoms with E-state index in [4.69, 9.17) is 11.6 Å². The summed E-state index contributed by atoms with van der Waals surface area (Å²) < 4.78 is 2.60. The summed E-state index contributed by atoms with van der Waals surface area (Å²) in [6, 6.07) is 5.77. The minimum Gasteiger partial charge on any atom is -0.344 e. The summed E-state index contributed by atoms with van der Waals surface area (Å²) >= 11 is 6.46. The van der Waals surface area contributed by atoms with E-state index in [1.807, 2.05) is 0 Å². The van der Waals surface area contributed by atoms with Crippen LogP contribution in [0.15, 0.2) is 28.8 Å². The van der Waals surface area contributed by atoms with E-state index in [0.717, 1.165) is 0 Å². The van der Waals surface area contributed by atoms with E-state index in [1.165, 1.54) is 6.92 Å². The van der Waals surface area contributed by atoms with Gasteiger partial charge in [-0.25, -0.2) is 0 Å². The number of nitrogens with zero attached hydrogens (tertiary/aromatic N) is 1. The van der Waals surface area contributed by atoms with Crippen molar-refractivity contribution in [3.8, 4) is 0 Å². The van der Waals surface area contributed by atoms with Gasteiger partial charge in [0, 0.05) is 39.9 Å². The van der Waals surface area contributed by atoms with Gasteiger partial charge in [0.05, 0.1) is 0 Å². The summed E-state index contributed by atoms with van der Waals surface area (Å²) in [6.45, 7) is 1.29. The van der Waals surface area contributed by atoms with Gasteiger partial charge in [0.25, 0.3) is 0 Å². The summed E-state index contributed by atoms with van der Waals surface area (Å²) in [6.07, 6.45) is 0. The van der Waals surface area contributed by atoms with Crippen LogP contribution in [0.5, 0.6) is 0 Å². The Morgan fingerprint density at radius 3 is 2.79 bits per heavy atom. The highest BCUT2D eigenvalue weighted by Crippen LogP contribution is 2.15. The maximum Gasteiger partial charge on any atom is 0.247 e. The average molecular weight is 302 g/mol. The molecule has 0 saturated heterocycles. The number of benzene rings is 1. The minimum absolute atomic E-state index is 0.0650. The van der Waals surface area contributed by atoms with Crippen LogP contribution in [0.3, 0.4) is 0 Å². The number of halogens is 1. The summed E-state index contributed by atoms with van der Waals surface area (Å²) in [5, 5.41) is 5.53. The molecule has 0 spiro atoms. The van der Waals surface area contributed by atoms with Crippen molar-refractivity contribution in [3.05, 3.63) is 34.2 Å². The van der Waals surface area contributed by atoms with Crippen LogP contribution in [0, 0.1) is 4.91 Å². The molecule has 8 heteroatoms. The molecule has 0 aliphatic carbocycles. The highest BCUT2D eigenvalue weighted by molar-refractivity contribution is 7.97. The van der Waals surface area contributed by atoms with Gasteiger partial charge < -0.3 is 10.6 Å². The lowest BCUT2D eigenvalue weighted by Gasteiger charge is -2.15. The third kappa shape index (κ3) is 5.71. The number of nitrogens with one attached hydrogen (secondary N) is 2. The van der Waals surface area contributed by atoms with Crippen LogP contribution in [-0.4, -0.2) is 23.6 Å². The van der Waals surface area contributed by atoms with Crippen molar-refractivity contribution < 1.29 is 9.59 Å². The van der Waals surface area contributed by atoms with Crippen LogP contribution in [0.4, 0.5) is 5.69 Å². The first kappa shape index (κ1) is 15.5. The Balaban J connectivity index is 2.70. The van der Waals surface area contributed by atoms with Crippen molar-refractivity contribution in [2.75, 3.05) is 11.1 Å². The molecular weight excluding hydrogens is 290 g/mol. The van der Waals surface area contributed by atoms with Crippen molar-refractivity contribution in [2.45, 2.75) is 13.0 Å². The van der Waals surface area contributed by atoms with Crippen LogP contribution in [-0.2, 0) is 9.59 Å². The first-order valence-corrected chi connectivity index (χ1v) is 6.63. The van der Waals surface area contributed by atoms with Gasteiger partial charge >= 0.3 is 0 Å². The third-order valence-electron chi connectivity index (χ3n) is 2.08. The molecule has 1 aromatic rings. The first-order chi connectivity index (χ1) is 9.02. The van der Waals surface area contributed by atoms with Gasteiger partial charge in [0.1, 0.15) is 6.04 Å². The Morgan fingerprint density at radius 2 is 2.21 bits per heavy atom. The number of carbonyl (C=O) groups is 2. The zero-order chi connectivity index (χ0) is 14.3. The fourth-order valence-corrected chi connectivity index (χ4v) is 1.96. The van der Waals surface area contributed by atoms with E-state index in [1.54, 1.807) is 24.3 Å². The Kier molecular flexibility index (Phi) is 6.31. The molecule has 6 nitrogen and oxygen atoms in total. The second-order valence-corrected chi connectivity index (χ2v) is 4.80. The third-order valence-corrected chi connectivity index (χ3v) is 2.90. The van der Waals surface area contributed by atoms with Gasteiger partial charge in [-0.1, -0.05) is 17.7 Å². The number of nitroso groups, excluding NO2 is 1. The number of rotatable bonds is 6. The van der Waals surface area contributed by atoms with E-state index in [9.17, 15) is 14.5 Å². The largest absolute Gasteiger partial charge is 0.344 e. The van der Waals surface area contributed by atoms with Crippen molar-refractivity contribution in [1.82, 2.24) is 5.32 Å².